The van der Waals surface area contributed by atoms with Crippen molar-refractivity contribution >= 4 is 56.7 Å². The minimum atomic E-state index is -4.13. The van der Waals surface area contributed by atoms with Crippen LogP contribution in [0, 0.1) is 0 Å². The summed E-state index contributed by atoms with van der Waals surface area (Å²) in [6, 6.07) is 7.79. The van der Waals surface area contributed by atoms with Gasteiger partial charge in [0.15, 0.2) is 11.5 Å². The molecule has 1 aliphatic rings. The van der Waals surface area contributed by atoms with E-state index < -0.39 is 39.9 Å². The third kappa shape index (κ3) is 7.36. The van der Waals surface area contributed by atoms with E-state index >= 15 is 0 Å². The van der Waals surface area contributed by atoms with Crippen molar-refractivity contribution in [3.8, 4) is 11.5 Å². The number of amides is 2. The molecule has 1 aliphatic heterocycles. The first-order valence-electron chi connectivity index (χ1n) is 12.9. The standard InChI is InChI=1S/C28H28Cl2N4O8S/c1-41-23-14-31-15-24(42-2)25(23)27(36)32-19-7-5-16(6-8-19)10-21(28(37)38)33-26(35)22-4-3-9-34(22)43(39,40)20-12-17(29)11-18(30)13-20/h5-8,11-15,21-22H,3-4,9-10H2,1-2H3,(H,32,36)(H,33,35)(H,37,38)/t21-,22-/m0/s1. The zero-order valence-corrected chi connectivity index (χ0v) is 25.4. The third-order valence-electron chi connectivity index (χ3n) is 6.76. The molecule has 43 heavy (non-hydrogen) atoms. The van der Waals surface area contributed by atoms with E-state index in [2.05, 4.69) is 15.6 Å². The van der Waals surface area contributed by atoms with Crippen molar-refractivity contribution in [3.63, 3.8) is 0 Å². The lowest BCUT2D eigenvalue weighted by Gasteiger charge is -2.25. The molecular weight excluding hydrogens is 623 g/mol. The molecule has 4 rings (SSSR count). The smallest absolute Gasteiger partial charge is 0.326 e. The Kier molecular flexibility index (Phi) is 10.1. The van der Waals surface area contributed by atoms with Gasteiger partial charge in [0.05, 0.1) is 31.5 Å². The lowest BCUT2D eigenvalue weighted by molar-refractivity contribution is -0.142. The van der Waals surface area contributed by atoms with E-state index in [1.807, 2.05) is 0 Å². The van der Waals surface area contributed by atoms with E-state index in [4.69, 9.17) is 32.7 Å². The number of hydrogen-bond donors (Lipinski definition) is 3. The number of carboxylic acids is 1. The highest BCUT2D eigenvalue weighted by molar-refractivity contribution is 7.89. The number of ether oxygens (including phenoxy) is 2. The van der Waals surface area contributed by atoms with Crippen LogP contribution in [0.15, 0.2) is 59.8 Å². The first-order chi connectivity index (χ1) is 20.4. The average molecular weight is 652 g/mol. The van der Waals surface area contributed by atoms with Crippen LogP contribution >= 0.6 is 23.2 Å². The summed E-state index contributed by atoms with van der Waals surface area (Å²) >= 11 is 12.0. The van der Waals surface area contributed by atoms with Crippen LogP contribution in [-0.2, 0) is 26.0 Å². The molecule has 0 radical (unpaired) electrons. The highest BCUT2D eigenvalue weighted by Crippen LogP contribution is 2.30. The van der Waals surface area contributed by atoms with E-state index in [0.717, 1.165) is 4.31 Å². The molecule has 2 aromatic carbocycles. The number of aliphatic carboxylic acids is 1. The van der Waals surface area contributed by atoms with Crippen LogP contribution in [0.3, 0.4) is 0 Å². The van der Waals surface area contributed by atoms with Gasteiger partial charge in [-0.1, -0.05) is 35.3 Å². The number of sulfonamides is 1. The van der Waals surface area contributed by atoms with E-state index in [1.54, 1.807) is 24.3 Å². The molecule has 1 fully saturated rings. The molecule has 1 aromatic heterocycles. The predicted molar refractivity (Wildman–Crippen MR) is 158 cm³/mol. The zero-order chi connectivity index (χ0) is 31.3. The van der Waals surface area contributed by atoms with Crippen molar-refractivity contribution in [3.05, 3.63) is 76.0 Å². The summed E-state index contributed by atoms with van der Waals surface area (Å²) in [5, 5.41) is 15.3. The summed E-state index contributed by atoms with van der Waals surface area (Å²) < 4.78 is 38.1. The van der Waals surface area contributed by atoms with Gasteiger partial charge in [0.1, 0.15) is 17.6 Å². The van der Waals surface area contributed by atoms with Crippen LogP contribution < -0.4 is 20.1 Å². The van der Waals surface area contributed by atoms with Crippen LogP contribution in [0.2, 0.25) is 10.0 Å². The van der Waals surface area contributed by atoms with Crippen molar-refractivity contribution in [2.75, 3.05) is 26.1 Å². The molecule has 0 saturated carbocycles. The Bertz CT molecular complexity index is 1590. The summed E-state index contributed by atoms with van der Waals surface area (Å²) in [5.74, 6) is -2.09. The Morgan fingerprint density at radius 1 is 1.05 bits per heavy atom. The number of pyridine rings is 1. The molecule has 2 amide bonds. The lowest BCUT2D eigenvalue weighted by Crippen LogP contribution is -2.51. The van der Waals surface area contributed by atoms with Crippen LogP contribution in [0.1, 0.15) is 28.8 Å². The number of benzene rings is 2. The highest BCUT2D eigenvalue weighted by Gasteiger charge is 2.40. The number of rotatable bonds is 11. The van der Waals surface area contributed by atoms with Gasteiger partial charge in [-0.15, -0.1) is 0 Å². The van der Waals surface area contributed by atoms with Gasteiger partial charge < -0.3 is 25.2 Å². The first-order valence-corrected chi connectivity index (χ1v) is 15.1. The number of carbonyl (C=O) groups excluding carboxylic acids is 2. The number of hydrogen-bond acceptors (Lipinski definition) is 8. The highest BCUT2D eigenvalue weighted by atomic mass is 35.5. The second-order valence-electron chi connectivity index (χ2n) is 9.55. The second-order valence-corrected chi connectivity index (χ2v) is 12.3. The fourth-order valence-corrected chi connectivity index (χ4v) is 7.06. The zero-order valence-electron chi connectivity index (χ0n) is 23.0. The lowest BCUT2D eigenvalue weighted by atomic mass is 10.0. The van der Waals surface area contributed by atoms with E-state index in [0.29, 0.717) is 17.7 Å². The maximum absolute atomic E-state index is 13.3. The monoisotopic (exact) mass is 650 g/mol. The summed E-state index contributed by atoms with van der Waals surface area (Å²) in [4.78, 5) is 42.0. The Labute approximate surface area is 258 Å². The third-order valence-corrected chi connectivity index (χ3v) is 9.08. The second kappa shape index (κ2) is 13.6. The summed E-state index contributed by atoms with van der Waals surface area (Å²) in [5.41, 5.74) is 1.12. The van der Waals surface area contributed by atoms with Gasteiger partial charge in [0.25, 0.3) is 5.91 Å². The molecule has 0 spiro atoms. The summed E-state index contributed by atoms with van der Waals surface area (Å²) in [7, 11) is -1.33. The molecule has 0 aliphatic carbocycles. The molecule has 2 atom stereocenters. The van der Waals surface area contributed by atoms with Crippen molar-refractivity contribution in [1.29, 1.82) is 0 Å². The van der Waals surface area contributed by atoms with Crippen LogP contribution in [0.4, 0.5) is 5.69 Å². The number of methoxy groups -OCH3 is 2. The Balaban J connectivity index is 1.44. The van der Waals surface area contributed by atoms with Crippen LogP contribution in [0.25, 0.3) is 0 Å². The van der Waals surface area contributed by atoms with Crippen molar-refractivity contribution in [2.45, 2.75) is 36.2 Å². The largest absolute Gasteiger partial charge is 0.494 e. The Morgan fingerprint density at radius 2 is 1.65 bits per heavy atom. The van der Waals surface area contributed by atoms with Crippen molar-refractivity contribution < 1.29 is 37.4 Å². The number of nitrogens with one attached hydrogen (secondary N) is 2. The molecular formula is C28H28Cl2N4O8S. The number of aromatic nitrogens is 1. The minimum absolute atomic E-state index is 0.0761. The molecule has 228 valence electrons. The average Bonchev–Trinajstić information content (AvgIpc) is 3.48. The molecule has 0 unspecified atom stereocenters. The first kappa shape index (κ1) is 32.0. The molecule has 1 saturated heterocycles. The molecule has 3 aromatic rings. The number of nitrogens with zero attached hydrogens (tertiary/aromatic N) is 2. The van der Waals surface area contributed by atoms with Gasteiger partial charge in [0, 0.05) is 28.7 Å². The predicted octanol–water partition coefficient (Wildman–Crippen LogP) is 3.62. The summed E-state index contributed by atoms with van der Waals surface area (Å²) in [6.07, 6.45) is 3.30. The minimum Gasteiger partial charge on any atom is -0.494 e. The van der Waals surface area contributed by atoms with Crippen LogP contribution in [-0.4, -0.2) is 73.4 Å². The van der Waals surface area contributed by atoms with Gasteiger partial charge in [-0.2, -0.15) is 4.31 Å². The molecule has 15 heteroatoms. The van der Waals surface area contributed by atoms with E-state index in [9.17, 15) is 27.9 Å². The number of carbonyl (C=O) groups is 3. The topological polar surface area (TPSA) is 164 Å². The van der Waals surface area contributed by atoms with Crippen molar-refractivity contribution in [2.24, 2.45) is 0 Å². The van der Waals surface area contributed by atoms with E-state index in [-0.39, 0.29) is 51.4 Å². The summed E-state index contributed by atoms with van der Waals surface area (Å²) in [6.45, 7) is 0.0761. The number of anilines is 1. The Morgan fingerprint density at radius 3 is 2.21 bits per heavy atom. The number of carboxylic acid groups (broad SMARTS) is 1. The maximum Gasteiger partial charge on any atom is 0.326 e. The normalized spacial score (nSPS) is 15.9. The maximum atomic E-state index is 13.3. The molecule has 12 nitrogen and oxygen atoms in total. The van der Waals surface area contributed by atoms with Crippen molar-refractivity contribution in [1.82, 2.24) is 14.6 Å². The van der Waals surface area contributed by atoms with Gasteiger partial charge >= 0.3 is 5.97 Å². The van der Waals surface area contributed by atoms with Crippen LogP contribution in [0.5, 0.6) is 11.5 Å². The molecule has 2 heterocycles. The van der Waals surface area contributed by atoms with Gasteiger partial charge in [-0.3, -0.25) is 14.6 Å². The molecule has 3 N–H and O–H groups in total. The fraction of sp³-hybridized carbons (Fsp3) is 0.286. The SMILES string of the molecule is COc1cncc(OC)c1C(=O)Nc1ccc(C[C@H](NC(=O)[C@@H]2CCCN2S(=O)(=O)c2cc(Cl)cc(Cl)c2)C(=O)O)cc1. The van der Waals surface area contributed by atoms with Gasteiger partial charge in [0.2, 0.25) is 15.9 Å². The van der Waals surface area contributed by atoms with Gasteiger partial charge in [-0.05, 0) is 48.7 Å². The quantitative estimate of drug-likeness (QED) is 0.281. The fourth-order valence-electron chi connectivity index (χ4n) is 4.68. The van der Waals surface area contributed by atoms with E-state index in [1.165, 1.54) is 44.8 Å². The molecule has 0 bridgehead atoms. The number of halogens is 2. The van der Waals surface area contributed by atoms with Gasteiger partial charge in [-0.25, -0.2) is 13.2 Å². The Hall–Kier alpha value is -3.91.